The highest BCUT2D eigenvalue weighted by molar-refractivity contribution is 5.50. The maximum absolute atomic E-state index is 4.66. The van der Waals surface area contributed by atoms with Crippen LogP contribution in [-0.2, 0) is 13.6 Å². The second kappa shape index (κ2) is 5.76. The molecule has 0 saturated heterocycles. The summed E-state index contributed by atoms with van der Waals surface area (Å²) in [4.78, 5) is 2.49. The van der Waals surface area contributed by atoms with Gasteiger partial charge >= 0.3 is 0 Å². The fourth-order valence-electron chi connectivity index (χ4n) is 3.51. The maximum atomic E-state index is 4.66. The molecule has 0 unspecified atom stereocenters. The van der Waals surface area contributed by atoms with Crippen molar-refractivity contribution >= 4 is 5.82 Å². The smallest absolute Gasteiger partial charge is 0.131 e. The summed E-state index contributed by atoms with van der Waals surface area (Å²) in [5.41, 5.74) is 2.57. The zero-order valence-corrected chi connectivity index (χ0v) is 13.2. The van der Waals surface area contributed by atoms with Crippen molar-refractivity contribution in [3.05, 3.63) is 11.3 Å². The van der Waals surface area contributed by atoms with Gasteiger partial charge in [0.2, 0.25) is 0 Å². The Hall–Kier alpha value is -1.03. The molecule has 3 rings (SSSR count). The summed E-state index contributed by atoms with van der Waals surface area (Å²) >= 11 is 0. The molecule has 20 heavy (non-hydrogen) atoms. The van der Waals surface area contributed by atoms with Crippen LogP contribution < -0.4 is 10.2 Å². The van der Waals surface area contributed by atoms with Crippen LogP contribution in [-0.4, -0.2) is 28.9 Å². The Balaban J connectivity index is 1.78. The first-order valence-electron chi connectivity index (χ1n) is 8.15. The molecule has 1 N–H and O–H groups in total. The van der Waals surface area contributed by atoms with Gasteiger partial charge in [-0.2, -0.15) is 5.10 Å². The second-order valence-electron chi connectivity index (χ2n) is 6.57. The fraction of sp³-hybridized carbons (Fsp3) is 0.812. The van der Waals surface area contributed by atoms with Crippen LogP contribution in [0.15, 0.2) is 0 Å². The zero-order valence-electron chi connectivity index (χ0n) is 13.2. The lowest BCUT2D eigenvalue weighted by molar-refractivity contribution is 0.422. The molecule has 0 spiro atoms. The van der Waals surface area contributed by atoms with Gasteiger partial charge in [0.25, 0.3) is 0 Å². The van der Waals surface area contributed by atoms with Crippen molar-refractivity contribution in [2.45, 2.75) is 70.5 Å². The Morgan fingerprint density at radius 3 is 2.55 bits per heavy atom. The van der Waals surface area contributed by atoms with Crippen LogP contribution in [0, 0.1) is 6.92 Å². The fourth-order valence-corrected chi connectivity index (χ4v) is 3.51. The Bertz CT molecular complexity index is 455. The van der Waals surface area contributed by atoms with Crippen LogP contribution in [0.3, 0.4) is 0 Å². The summed E-state index contributed by atoms with van der Waals surface area (Å²) in [6.45, 7) is 3.11. The lowest BCUT2D eigenvalue weighted by atomic mass is 9.94. The van der Waals surface area contributed by atoms with Gasteiger partial charge in [0.05, 0.1) is 5.69 Å². The van der Waals surface area contributed by atoms with Gasteiger partial charge in [-0.05, 0) is 32.6 Å². The topological polar surface area (TPSA) is 33.1 Å². The molecule has 0 bridgehead atoms. The highest BCUT2D eigenvalue weighted by atomic mass is 15.4. The summed E-state index contributed by atoms with van der Waals surface area (Å²) in [6.07, 6.45) is 9.50. The molecule has 2 aliphatic carbocycles. The van der Waals surface area contributed by atoms with E-state index < -0.39 is 0 Å². The van der Waals surface area contributed by atoms with E-state index in [1.54, 1.807) is 0 Å². The number of aromatic nitrogens is 2. The third-order valence-electron chi connectivity index (χ3n) is 4.91. The summed E-state index contributed by atoms with van der Waals surface area (Å²) in [7, 11) is 4.34. The predicted octanol–water partition coefficient (Wildman–Crippen LogP) is 2.75. The monoisotopic (exact) mass is 276 g/mol. The minimum atomic E-state index is 0.693. The molecule has 1 heterocycles. The van der Waals surface area contributed by atoms with Crippen molar-refractivity contribution in [2.75, 3.05) is 11.9 Å². The SMILES string of the molecule is Cc1nn(C)c(N(C)C2CCCCC2)c1CNC1CC1. The molecule has 1 aromatic heterocycles. The third kappa shape index (κ3) is 2.85. The molecule has 2 fully saturated rings. The van der Waals surface area contributed by atoms with E-state index in [4.69, 9.17) is 0 Å². The normalized spacial score (nSPS) is 20.4. The van der Waals surface area contributed by atoms with Crippen LogP contribution in [0.1, 0.15) is 56.2 Å². The van der Waals surface area contributed by atoms with Crippen LogP contribution in [0.4, 0.5) is 5.82 Å². The Morgan fingerprint density at radius 1 is 1.20 bits per heavy atom. The van der Waals surface area contributed by atoms with Crippen LogP contribution in [0.5, 0.6) is 0 Å². The van der Waals surface area contributed by atoms with E-state index in [0.717, 1.165) is 12.6 Å². The predicted molar refractivity (Wildman–Crippen MR) is 83.1 cm³/mol. The van der Waals surface area contributed by atoms with Gasteiger partial charge in [-0.15, -0.1) is 0 Å². The molecule has 1 aromatic rings. The molecular formula is C16H28N4. The lowest BCUT2D eigenvalue weighted by Gasteiger charge is -2.33. The van der Waals surface area contributed by atoms with E-state index >= 15 is 0 Å². The van der Waals surface area contributed by atoms with Crippen molar-refractivity contribution in [3.8, 4) is 0 Å². The van der Waals surface area contributed by atoms with E-state index in [2.05, 4.69) is 41.0 Å². The van der Waals surface area contributed by atoms with Crippen molar-refractivity contribution in [1.82, 2.24) is 15.1 Å². The molecule has 4 heteroatoms. The highest BCUT2D eigenvalue weighted by Crippen LogP contribution is 2.30. The third-order valence-corrected chi connectivity index (χ3v) is 4.91. The first kappa shape index (κ1) is 13.9. The number of hydrogen-bond donors (Lipinski definition) is 1. The van der Waals surface area contributed by atoms with Gasteiger partial charge in [-0.25, -0.2) is 0 Å². The van der Waals surface area contributed by atoms with Crippen molar-refractivity contribution < 1.29 is 0 Å². The lowest BCUT2D eigenvalue weighted by Crippen LogP contribution is -2.35. The summed E-state index contributed by atoms with van der Waals surface area (Å²) in [6, 6.07) is 1.45. The zero-order chi connectivity index (χ0) is 14.1. The second-order valence-corrected chi connectivity index (χ2v) is 6.57. The van der Waals surface area contributed by atoms with Crippen molar-refractivity contribution in [3.63, 3.8) is 0 Å². The molecule has 2 aliphatic rings. The Kier molecular flexibility index (Phi) is 4.01. The van der Waals surface area contributed by atoms with Gasteiger partial charge < -0.3 is 10.2 Å². The summed E-state index contributed by atoms with van der Waals surface area (Å²) < 4.78 is 2.08. The highest BCUT2D eigenvalue weighted by Gasteiger charge is 2.26. The first-order valence-corrected chi connectivity index (χ1v) is 8.15. The van der Waals surface area contributed by atoms with Crippen molar-refractivity contribution in [1.29, 1.82) is 0 Å². The Morgan fingerprint density at radius 2 is 1.90 bits per heavy atom. The molecule has 4 nitrogen and oxygen atoms in total. The van der Waals surface area contributed by atoms with Gasteiger partial charge in [-0.1, -0.05) is 19.3 Å². The van der Waals surface area contributed by atoms with Gasteiger partial charge in [0.15, 0.2) is 0 Å². The molecule has 0 aliphatic heterocycles. The maximum Gasteiger partial charge on any atom is 0.131 e. The molecule has 0 atom stereocenters. The minimum Gasteiger partial charge on any atom is -0.357 e. The van der Waals surface area contributed by atoms with Crippen LogP contribution in [0.2, 0.25) is 0 Å². The first-order chi connectivity index (χ1) is 9.66. The summed E-state index contributed by atoms with van der Waals surface area (Å²) in [5, 5.41) is 8.31. The number of rotatable bonds is 5. The molecule has 2 saturated carbocycles. The van der Waals surface area contributed by atoms with Gasteiger partial charge in [0, 0.05) is 38.3 Å². The molecular weight excluding hydrogens is 248 g/mol. The average Bonchev–Trinajstić information content (AvgIpc) is 3.23. The minimum absolute atomic E-state index is 0.693. The molecule has 0 aromatic carbocycles. The van der Waals surface area contributed by atoms with Crippen LogP contribution >= 0.6 is 0 Å². The molecule has 0 amide bonds. The van der Waals surface area contributed by atoms with E-state index in [1.165, 1.54) is 62.0 Å². The van der Waals surface area contributed by atoms with E-state index in [0.29, 0.717) is 6.04 Å². The Labute approximate surface area is 122 Å². The summed E-state index contributed by atoms with van der Waals surface area (Å²) in [5.74, 6) is 1.32. The number of aryl methyl sites for hydroxylation is 2. The van der Waals surface area contributed by atoms with E-state index in [9.17, 15) is 0 Å². The van der Waals surface area contributed by atoms with E-state index in [-0.39, 0.29) is 0 Å². The largest absolute Gasteiger partial charge is 0.357 e. The molecule has 0 radical (unpaired) electrons. The average molecular weight is 276 g/mol. The van der Waals surface area contributed by atoms with E-state index in [1.807, 2.05) is 0 Å². The quantitative estimate of drug-likeness (QED) is 0.897. The van der Waals surface area contributed by atoms with Gasteiger partial charge in [-0.3, -0.25) is 4.68 Å². The van der Waals surface area contributed by atoms with Gasteiger partial charge in [0.1, 0.15) is 5.82 Å². The standard InChI is InChI=1S/C16H28N4/c1-12-15(11-17-13-9-10-13)16(20(3)18-12)19(2)14-7-5-4-6-8-14/h13-14,17H,4-11H2,1-3H3. The molecule has 112 valence electrons. The number of hydrogen-bond acceptors (Lipinski definition) is 3. The number of nitrogens with zero attached hydrogens (tertiary/aromatic N) is 3. The van der Waals surface area contributed by atoms with Crippen LogP contribution in [0.25, 0.3) is 0 Å². The number of anilines is 1. The number of nitrogens with one attached hydrogen (secondary N) is 1. The van der Waals surface area contributed by atoms with Crippen molar-refractivity contribution in [2.24, 2.45) is 7.05 Å².